The lowest BCUT2D eigenvalue weighted by Gasteiger charge is -2.31. The van der Waals surface area contributed by atoms with Crippen LogP contribution in [0, 0.1) is 0 Å². The lowest BCUT2D eigenvalue weighted by Crippen LogP contribution is -2.46. The van der Waals surface area contributed by atoms with Crippen LogP contribution in [0.2, 0.25) is 18.6 Å². The fraction of sp³-hybridized carbons (Fsp3) is 0.429. The van der Waals surface area contributed by atoms with E-state index < -0.39 is 8.07 Å². The van der Waals surface area contributed by atoms with Crippen molar-refractivity contribution in [2.45, 2.75) is 38.1 Å². The van der Waals surface area contributed by atoms with Gasteiger partial charge in [-0.25, -0.2) is 0 Å². The second-order valence-corrected chi connectivity index (χ2v) is 9.78. The van der Waals surface area contributed by atoms with Crippen LogP contribution < -0.4 is 5.19 Å². The summed E-state index contributed by atoms with van der Waals surface area (Å²) < 4.78 is 0. The first-order valence-electron chi connectivity index (χ1n) is 5.84. The summed E-state index contributed by atoms with van der Waals surface area (Å²) in [5.74, 6) is 0. The molecule has 1 aromatic rings. The second-order valence-electron chi connectivity index (χ2n) is 5.01. The highest BCUT2D eigenvalue weighted by Gasteiger charge is 2.31. The SMILES string of the molecule is C=C[C@H](C[C@H](C)O)[Si](C)(C)c1ccccc1. The van der Waals surface area contributed by atoms with Crippen LogP contribution in [0.3, 0.4) is 0 Å². The summed E-state index contributed by atoms with van der Waals surface area (Å²) in [7, 11) is -1.55. The van der Waals surface area contributed by atoms with Gasteiger partial charge in [0.2, 0.25) is 0 Å². The van der Waals surface area contributed by atoms with E-state index in [-0.39, 0.29) is 6.10 Å². The fourth-order valence-corrected chi connectivity index (χ4v) is 5.13. The van der Waals surface area contributed by atoms with Crippen molar-refractivity contribution < 1.29 is 5.11 Å². The first-order chi connectivity index (χ1) is 7.48. The van der Waals surface area contributed by atoms with Crippen molar-refractivity contribution in [1.82, 2.24) is 0 Å². The Hall–Kier alpha value is -0.863. The molecule has 2 atom stereocenters. The van der Waals surface area contributed by atoms with Crippen LogP contribution in [0.25, 0.3) is 0 Å². The zero-order valence-electron chi connectivity index (χ0n) is 10.5. The standard InChI is InChI=1S/C14H22OSi/c1-5-13(11-12(2)15)16(3,4)14-9-7-6-8-10-14/h5-10,12-13,15H,1,11H2,2-4H3/t12-,13+/m0/s1. The Labute approximate surface area is 99.8 Å². The number of benzene rings is 1. The molecule has 88 valence electrons. The predicted octanol–water partition coefficient (Wildman–Crippen LogP) is 2.93. The third-order valence-corrected chi connectivity index (χ3v) is 7.47. The number of rotatable bonds is 5. The van der Waals surface area contributed by atoms with Gasteiger partial charge in [-0.05, 0) is 18.9 Å². The molecule has 0 fully saturated rings. The third kappa shape index (κ3) is 3.06. The number of allylic oxidation sites excluding steroid dienone is 1. The minimum Gasteiger partial charge on any atom is -0.393 e. The van der Waals surface area contributed by atoms with Crippen LogP contribution in [0.5, 0.6) is 0 Å². The molecular formula is C14H22OSi. The van der Waals surface area contributed by atoms with Crippen LogP contribution in [0.15, 0.2) is 43.0 Å². The monoisotopic (exact) mass is 234 g/mol. The molecule has 0 amide bonds. The van der Waals surface area contributed by atoms with Gasteiger partial charge in [0, 0.05) is 0 Å². The highest BCUT2D eigenvalue weighted by molar-refractivity contribution is 6.91. The molecule has 0 aliphatic heterocycles. The number of hydrogen-bond donors (Lipinski definition) is 1. The smallest absolute Gasteiger partial charge is 0.0874 e. The maximum Gasteiger partial charge on any atom is 0.0874 e. The molecule has 2 heteroatoms. The largest absolute Gasteiger partial charge is 0.393 e. The average Bonchev–Trinajstić information content (AvgIpc) is 2.26. The minimum atomic E-state index is -1.55. The zero-order chi connectivity index (χ0) is 12.2. The van der Waals surface area contributed by atoms with Crippen molar-refractivity contribution in [3.63, 3.8) is 0 Å². The Morgan fingerprint density at radius 3 is 2.31 bits per heavy atom. The summed E-state index contributed by atoms with van der Waals surface area (Å²) in [6.45, 7) is 10.5. The van der Waals surface area contributed by atoms with Gasteiger partial charge in [0.15, 0.2) is 0 Å². The molecule has 1 rings (SSSR count). The van der Waals surface area contributed by atoms with Crippen molar-refractivity contribution in [3.05, 3.63) is 43.0 Å². The molecule has 0 aliphatic carbocycles. The van der Waals surface area contributed by atoms with Gasteiger partial charge in [-0.15, -0.1) is 6.58 Å². The summed E-state index contributed by atoms with van der Waals surface area (Å²) in [5.41, 5.74) is 0.426. The van der Waals surface area contributed by atoms with Crippen LogP contribution in [0.4, 0.5) is 0 Å². The van der Waals surface area contributed by atoms with Gasteiger partial charge in [-0.3, -0.25) is 0 Å². The van der Waals surface area contributed by atoms with Crippen molar-refractivity contribution in [3.8, 4) is 0 Å². The second kappa shape index (κ2) is 5.46. The number of aliphatic hydroxyl groups is 1. The van der Waals surface area contributed by atoms with E-state index in [0.29, 0.717) is 5.54 Å². The average molecular weight is 234 g/mol. The molecule has 16 heavy (non-hydrogen) atoms. The van der Waals surface area contributed by atoms with E-state index in [9.17, 15) is 5.11 Å². The van der Waals surface area contributed by atoms with Crippen LogP contribution in [-0.2, 0) is 0 Å². The van der Waals surface area contributed by atoms with E-state index >= 15 is 0 Å². The summed E-state index contributed by atoms with van der Waals surface area (Å²) in [5, 5.41) is 11.0. The van der Waals surface area contributed by atoms with Crippen LogP contribution >= 0.6 is 0 Å². The van der Waals surface area contributed by atoms with E-state index in [4.69, 9.17) is 0 Å². The van der Waals surface area contributed by atoms with Gasteiger partial charge in [-0.1, -0.05) is 54.7 Å². The molecule has 1 N–H and O–H groups in total. The van der Waals surface area contributed by atoms with E-state index in [1.54, 1.807) is 0 Å². The highest BCUT2D eigenvalue weighted by Crippen LogP contribution is 2.27. The number of aliphatic hydroxyl groups excluding tert-OH is 1. The molecule has 0 spiro atoms. The predicted molar refractivity (Wildman–Crippen MR) is 73.8 cm³/mol. The van der Waals surface area contributed by atoms with Crippen LogP contribution in [0.1, 0.15) is 13.3 Å². The molecule has 0 heterocycles. The van der Waals surface area contributed by atoms with Gasteiger partial charge >= 0.3 is 0 Å². The Bertz CT molecular complexity index is 330. The molecule has 0 saturated carbocycles. The summed E-state index contributed by atoms with van der Waals surface area (Å²) in [4.78, 5) is 0. The van der Waals surface area contributed by atoms with Crippen molar-refractivity contribution in [1.29, 1.82) is 0 Å². The lowest BCUT2D eigenvalue weighted by molar-refractivity contribution is 0.185. The minimum absolute atomic E-state index is 0.251. The molecule has 1 aromatic carbocycles. The topological polar surface area (TPSA) is 20.2 Å². The van der Waals surface area contributed by atoms with Crippen molar-refractivity contribution in [2.75, 3.05) is 0 Å². The quantitative estimate of drug-likeness (QED) is 0.613. The molecule has 0 unspecified atom stereocenters. The zero-order valence-corrected chi connectivity index (χ0v) is 11.5. The Morgan fingerprint density at radius 2 is 1.88 bits per heavy atom. The van der Waals surface area contributed by atoms with E-state index in [2.05, 4.69) is 43.9 Å². The molecule has 0 bridgehead atoms. The van der Waals surface area contributed by atoms with Gasteiger partial charge in [-0.2, -0.15) is 0 Å². The maximum absolute atomic E-state index is 9.54. The van der Waals surface area contributed by atoms with Crippen molar-refractivity contribution in [2.24, 2.45) is 0 Å². The highest BCUT2D eigenvalue weighted by atomic mass is 28.3. The molecule has 1 nitrogen and oxygen atoms in total. The van der Waals surface area contributed by atoms with Crippen molar-refractivity contribution >= 4 is 13.3 Å². The van der Waals surface area contributed by atoms with Gasteiger partial charge in [0.05, 0.1) is 14.2 Å². The third-order valence-electron chi connectivity index (χ3n) is 3.32. The van der Waals surface area contributed by atoms with Gasteiger partial charge in [0.25, 0.3) is 0 Å². The summed E-state index contributed by atoms with van der Waals surface area (Å²) in [6.07, 6.45) is 2.59. The maximum atomic E-state index is 9.54. The molecule has 0 saturated heterocycles. The van der Waals surface area contributed by atoms with E-state index in [1.807, 2.05) is 19.1 Å². The van der Waals surface area contributed by atoms with E-state index in [0.717, 1.165) is 6.42 Å². The Morgan fingerprint density at radius 1 is 1.31 bits per heavy atom. The molecule has 0 radical (unpaired) electrons. The normalized spacial score (nSPS) is 15.5. The fourth-order valence-electron chi connectivity index (χ4n) is 2.13. The number of hydrogen-bond acceptors (Lipinski definition) is 1. The van der Waals surface area contributed by atoms with Gasteiger partial charge in [0.1, 0.15) is 0 Å². The molecule has 0 aromatic heterocycles. The van der Waals surface area contributed by atoms with E-state index in [1.165, 1.54) is 5.19 Å². The van der Waals surface area contributed by atoms with Gasteiger partial charge < -0.3 is 5.11 Å². The van der Waals surface area contributed by atoms with Crippen LogP contribution in [-0.4, -0.2) is 19.3 Å². The lowest BCUT2D eigenvalue weighted by atomic mass is 10.2. The first-order valence-corrected chi connectivity index (χ1v) is 8.92. The molecular weight excluding hydrogens is 212 g/mol. The summed E-state index contributed by atoms with van der Waals surface area (Å²) in [6, 6.07) is 10.6. The first kappa shape index (κ1) is 13.2. The Balaban J connectivity index is 2.94. The summed E-state index contributed by atoms with van der Waals surface area (Å²) >= 11 is 0. The molecule has 0 aliphatic rings. The Kier molecular flexibility index (Phi) is 4.51.